The maximum atomic E-state index is 12.2. The average Bonchev–Trinajstić information content (AvgIpc) is 3.19. The van der Waals surface area contributed by atoms with Gasteiger partial charge in [-0.05, 0) is 50.5 Å². The molecule has 0 saturated heterocycles. The fraction of sp³-hybridized carbons (Fsp3) is 0.632. The van der Waals surface area contributed by atoms with Gasteiger partial charge in [-0.2, -0.15) is 0 Å². The zero-order valence-corrected chi connectivity index (χ0v) is 15.0. The summed E-state index contributed by atoms with van der Waals surface area (Å²) in [6.45, 7) is 0.531. The number of carbonyl (C=O) groups excluding carboxylic acids is 1. The van der Waals surface area contributed by atoms with Crippen LogP contribution >= 0.6 is 12.4 Å². The third kappa shape index (κ3) is 5.12. The van der Waals surface area contributed by atoms with E-state index in [1.54, 1.807) is 0 Å². The van der Waals surface area contributed by atoms with Crippen LogP contribution in [-0.4, -0.2) is 18.1 Å². The summed E-state index contributed by atoms with van der Waals surface area (Å²) in [5.74, 6) is 1.36. The summed E-state index contributed by atoms with van der Waals surface area (Å²) in [5, 5.41) is 3.04. The maximum Gasteiger partial charge on any atom is 0.220 e. The number of halogens is 1. The van der Waals surface area contributed by atoms with Crippen molar-refractivity contribution in [1.82, 2.24) is 5.32 Å². The van der Waals surface area contributed by atoms with Gasteiger partial charge in [-0.15, -0.1) is 12.4 Å². The van der Waals surface area contributed by atoms with Gasteiger partial charge < -0.3 is 15.8 Å². The molecule has 0 aliphatic heterocycles. The molecule has 3 N–H and O–H groups in total. The third-order valence-corrected chi connectivity index (χ3v) is 5.21. The highest BCUT2D eigenvalue weighted by atomic mass is 35.5. The van der Waals surface area contributed by atoms with Crippen LogP contribution in [0.5, 0.6) is 5.75 Å². The van der Waals surface area contributed by atoms with Gasteiger partial charge in [-0.3, -0.25) is 4.79 Å². The van der Waals surface area contributed by atoms with Gasteiger partial charge in [0.2, 0.25) is 5.91 Å². The second kappa shape index (κ2) is 9.28. The Morgan fingerprint density at radius 1 is 1.12 bits per heavy atom. The van der Waals surface area contributed by atoms with Crippen LogP contribution in [0.4, 0.5) is 0 Å². The van der Waals surface area contributed by atoms with E-state index in [0.29, 0.717) is 25.0 Å². The molecule has 0 aromatic heterocycles. The van der Waals surface area contributed by atoms with Gasteiger partial charge in [0.1, 0.15) is 5.75 Å². The molecule has 2 fully saturated rings. The van der Waals surface area contributed by atoms with Crippen LogP contribution in [0.3, 0.4) is 0 Å². The van der Waals surface area contributed by atoms with Crippen molar-refractivity contribution in [3.63, 3.8) is 0 Å². The molecule has 1 amide bonds. The molecule has 3 rings (SSSR count). The Kier molecular flexibility index (Phi) is 7.38. The lowest BCUT2D eigenvalue weighted by Gasteiger charge is -2.18. The summed E-state index contributed by atoms with van der Waals surface area (Å²) in [6, 6.07) is 8.22. The Morgan fingerprint density at radius 2 is 1.88 bits per heavy atom. The number of para-hydroxylation sites is 1. The summed E-state index contributed by atoms with van der Waals surface area (Å²) in [7, 11) is 0. The van der Waals surface area contributed by atoms with Crippen molar-refractivity contribution >= 4 is 18.3 Å². The van der Waals surface area contributed by atoms with E-state index in [-0.39, 0.29) is 24.4 Å². The molecule has 2 aliphatic rings. The van der Waals surface area contributed by atoms with Gasteiger partial charge in [0.05, 0.1) is 6.10 Å². The molecule has 5 heteroatoms. The first-order valence-electron chi connectivity index (χ1n) is 8.99. The number of benzene rings is 1. The molecule has 2 aliphatic carbocycles. The average molecular weight is 353 g/mol. The molecule has 0 spiro atoms. The van der Waals surface area contributed by atoms with Crippen LogP contribution in [0.1, 0.15) is 56.9 Å². The van der Waals surface area contributed by atoms with E-state index in [4.69, 9.17) is 10.5 Å². The molecule has 24 heavy (non-hydrogen) atoms. The van der Waals surface area contributed by atoms with Crippen LogP contribution in [0.25, 0.3) is 0 Å². The number of hydrogen-bond acceptors (Lipinski definition) is 3. The molecule has 0 heterocycles. The van der Waals surface area contributed by atoms with Crippen molar-refractivity contribution in [2.45, 2.75) is 70.1 Å². The first-order valence-corrected chi connectivity index (χ1v) is 8.99. The third-order valence-electron chi connectivity index (χ3n) is 5.21. The summed E-state index contributed by atoms with van der Waals surface area (Å²) < 4.78 is 6.12. The fourth-order valence-electron chi connectivity index (χ4n) is 3.77. The fourth-order valence-corrected chi connectivity index (χ4v) is 3.77. The normalized spacial score (nSPS) is 23.7. The minimum Gasteiger partial charge on any atom is -0.490 e. The van der Waals surface area contributed by atoms with Crippen molar-refractivity contribution in [2.75, 3.05) is 0 Å². The second-order valence-electron chi connectivity index (χ2n) is 6.97. The highest BCUT2D eigenvalue weighted by Crippen LogP contribution is 2.28. The highest BCUT2D eigenvalue weighted by Gasteiger charge is 2.26. The van der Waals surface area contributed by atoms with Crippen LogP contribution in [0, 0.1) is 5.92 Å². The minimum atomic E-state index is 0. The lowest BCUT2D eigenvalue weighted by atomic mass is 10.00. The van der Waals surface area contributed by atoms with Crippen LogP contribution < -0.4 is 15.8 Å². The number of hydrogen-bond donors (Lipinski definition) is 2. The van der Waals surface area contributed by atoms with Crippen molar-refractivity contribution in [1.29, 1.82) is 0 Å². The number of nitrogens with two attached hydrogens (primary N) is 1. The van der Waals surface area contributed by atoms with E-state index >= 15 is 0 Å². The van der Waals surface area contributed by atoms with Crippen molar-refractivity contribution in [3.8, 4) is 5.75 Å². The van der Waals surface area contributed by atoms with E-state index in [0.717, 1.165) is 43.4 Å². The minimum absolute atomic E-state index is 0. The number of rotatable bonds is 6. The quantitative estimate of drug-likeness (QED) is 0.822. The van der Waals surface area contributed by atoms with Crippen LogP contribution in [0.15, 0.2) is 24.3 Å². The zero-order chi connectivity index (χ0) is 16.1. The molecule has 4 nitrogen and oxygen atoms in total. The maximum absolute atomic E-state index is 12.2. The summed E-state index contributed by atoms with van der Waals surface area (Å²) in [4.78, 5) is 12.2. The highest BCUT2D eigenvalue weighted by molar-refractivity contribution is 5.85. The van der Waals surface area contributed by atoms with E-state index in [1.807, 2.05) is 24.3 Å². The first kappa shape index (κ1) is 19.1. The number of ether oxygens (including phenoxy) is 1. The molecule has 1 aromatic rings. The SMILES string of the molecule is Cl.N[C@@H]1CCC[C@H]1CC(=O)NCc1ccccc1OC1CCCC1. The number of carbonyl (C=O) groups is 1. The Balaban J connectivity index is 0.00000208. The molecule has 134 valence electrons. The van der Waals surface area contributed by atoms with Gasteiger partial charge in [0, 0.05) is 24.6 Å². The predicted octanol–water partition coefficient (Wildman–Crippen LogP) is 3.56. The lowest BCUT2D eigenvalue weighted by Crippen LogP contribution is -2.31. The molecular weight excluding hydrogens is 324 g/mol. The van der Waals surface area contributed by atoms with E-state index < -0.39 is 0 Å². The molecule has 0 radical (unpaired) electrons. The number of nitrogens with one attached hydrogen (secondary N) is 1. The van der Waals surface area contributed by atoms with Crippen molar-refractivity contribution < 1.29 is 9.53 Å². The van der Waals surface area contributed by atoms with Gasteiger partial charge >= 0.3 is 0 Å². The van der Waals surface area contributed by atoms with E-state index in [2.05, 4.69) is 5.32 Å². The second-order valence-corrected chi connectivity index (χ2v) is 6.97. The number of amides is 1. The first-order chi connectivity index (χ1) is 11.2. The molecule has 0 unspecified atom stereocenters. The van der Waals surface area contributed by atoms with Crippen molar-refractivity contribution in [2.24, 2.45) is 11.7 Å². The summed E-state index contributed by atoms with van der Waals surface area (Å²) >= 11 is 0. The van der Waals surface area contributed by atoms with Gasteiger partial charge in [0.15, 0.2) is 0 Å². The van der Waals surface area contributed by atoms with Crippen LogP contribution in [0.2, 0.25) is 0 Å². The predicted molar refractivity (Wildman–Crippen MR) is 98.4 cm³/mol. The smallest absolute Gasteiger partial charge is 0.220 e. The van der Waals surface area contributed by atoms with E-state index in [1.165, 1.54) is 12.8 Å². The molecular formula is C19H29ClN2O2. The van der Waals surface area contributed by atoms with Crippen LogP contribution in [-0.2, 0) is 11.3 Å². The van der Waals surface area contributed by atoms with Gasteiger partial charge in [0.25, 0.3) is 0 Å². The Hall–Kier alpha value is -1.26. The van der Waals surface area contributed by atoms with Crippen molar-refractivity contribution in [3.05, 3.63) is 29.8 Å². The van der Waals surface area contributed by atoms with Gasteiger partial charge in [-0.25, -0.2) is 0 Å². The Labute approximate surface area is 150 Å². The van der Waals surface area contributed by atoms with Gasteiger partial charge in [-0.1, -0.05) is 24.6 Å². The summed E-state index contributed by atoms with van der Waals surface area (Å²) in [6.07, 6.45) is 8.95. The topological polar surface area (TPSA) is 64.4 Å². The molecule has 0 bridgehead atoms. The summed E-state index contributed by atoms with van der Waals surface area (Å²) in [5.41, 5.74) is 7.11. The Bertz CT molecular complexity index is 532. The lowest BCUT2D eigenvalue weighted by molar-refractivity contribution is -0.122. The zero-order valence-electron chi connectivity index (χ0n) is 14.2. The largest absolute Gasteiger partial charge is 0.490 e. The Morgan fingerprint density at radius 3 is 2.58 bits per heavy atom. The molecule has 2 atom stereocenters. The molecule has 1 aromatic carbocycles. The standard InChI is InChI=1S/C19H28N2O2.ClH/c20-17-10-5-7-14(17)12-19(22)21-13-15-6-1-4-11-18(15)23-16-8-2-3-9-16;/h1,4,6,11,14,16-17H,2-3,5,7-10,12-13,20H2,(H,21,22);1H/t14-,17+;/m0./s1. The monoisotopic (exact) mass is 352 g/mol. The molecule has 2 saturated carbocycles. The van der Waals surface area contributed by atoms with E-state index in [9.17, 15) is 4.79 Å².